The summed E-state index contributed by atoms with van der Waals surface area (Å²) in [5, 5.41) is 0. The van der Waals surface area contributed by atoms with E-state index in [9.17, 15) is 9.59 Å². The maximum absolute atomic E-state index is 12.9. The van der Waals surface area contributed by atoms with Gasteiger partial charge in [-0.3, -0.25) is 14.6 Å². The second-order valence-electron chi connectivity index (χ2n) is 8.35. The quantitative estimate of drug-likeness (QED) is 0.718. The van der Waals surface area contributed by atoms with E-state index < -0.39 is 0 Å². The lowest BCUT2D eigenvalue weighted by atomic mass is 9.88. The van der Waals surface area contributed by atoms with Crippen LogP contribution >= 0.6 is 0 Å². The summed E-state index contributed by atoms with van der Waals surface area (Å²) in [7, 11) is 0. The van der Waals surface area contributed by atoms with Crippen molar-refractivity contribution in [2.75, 3.05) is 31.1 Å². The van der Waals surface area contributed by atoms with Gasteiger partial charge in [-0.15, -0.1) is 0 Å². The van der Waals surface area contributed by atoms with E-state index in [-0.39, 0.29) is 13.1 Å². The summed E-state index contributed by atoms with van der Waals surface area (Å²) >= 11 is 0. The average molecular weight is 409 g/mol. The molecule has 0 aromatic carbocycles. The summed E-state index contributed by atoms with van der Waals surface area (Å²) in [6.07, 6.45) is 8.30. The molecule has 0 N–H and O–H groups in total. The van der Waals surface area contributed by atoms with Crippen molar-refractivity contribution in [3.63, 3.8) is 0 Å². The number of hydrogen-bond donors (Lipinski definition) is 0. The van der Waals surface area contributed by atoms with Gasteiger partial charge in [0.25, 0.3) is 0 Å². The molecule has 1 aliphatic carbocycles. The van der Waals surface area contributed by atoms with Crippen molar-refractivity contribution in [1.29, 1.82) is 0 Å². The van der Waals surface area contributed by atoms with Gasteiger partial charge >= 0.3 is 0 Å². The lowest BCUT2D eigenvalue weighted by molar-refractivity contribution is -0.136. The van der Waals surface area contributed by atoms with Gasteiger partial charge in [0.1, 0.15) is 11.5 Å². The lowest BCUT2D eigenvalue weighted by Gasteiger charge is -2.28. The first-order valence-electron chi connectivity index (χ1n) is 11.1. The molecule has 1 aliphatic heterocycles. The Morgan fingerprint density at radius 2 is 1.80 bits per heavy atom. The summed E-state index contributed by atoms with van der Waals surface area (Å²) in [5.74, 6) is 1.24. The fourth-order valence-corrected chi connectivity index (χ4v) is 4.56. The first-order chi connectivity index (χ1) is 14.6. The predicted molar refractivity (Wildman–Crippen MR) is 119 cm³/mol. The van der Waals surface area contributed by atoms with E-state index in [0.29, 0.717) is 22.9 Å². The smallest absolute Gasteiger partial charge is 0.225 e. The van der Waals surface area contributed by atoms with Crippen LogP contribution in [0.4, 0.5) is 5.82 Å². The van der Waals surface area contributed by atoms with Gasteiger partial charge in [0.2, 0.25) is 11.7 Å². The van der Waals surface area contributed by atoms with Crippen LogP contribution < -0.4 is 4.90 Å². The second kappa shape index (κ2) is 9.37. The Hall–Kier alpha value is -2.76. The zero-order valence-corrected chi connectivity index (χ0v) is 17.7. The van der Waals surface area contributed by atoms with E-state index in [4.69, 9.17) is 0 Å². The number of anilines is 1. The molecule has 160 valence electrons. The highest BCUT2D eigenvalue weighted by Gasteiger charge is 2.27. The SMILES string of the molecule is Cc1ncccc1C(=O)c1cccc(N2CCCN(C(=O)C3CCCCC3)CC2)n1.[HH]. The van der Waals surface area contributed by atoms with Crippen LogP contribution in [0.15, 0.2) is 36.5 Å². The molecule has 1 saturated heterocycles. The highest BCUT2D eigenvalue weighted by atomic mass is 16.2. The van der Waals surface area contributed by atoms with Crippen molar-refractivity contribution in [2.24, 2.45) is 5.92 Å². The van der Waals surface area contributed by atoms with Gasteiger partial charge in [-0.05, 0) is 50.5 Å². The van der Waals surface area contributed by atoms with Crippen LogP contribution in [-0.4, -0.2) is 52.7 Å². The molecule has 0 spiro atoms. The maximum atomic E-state index is 12.9. The Labute approximate surface area is 179 Å². The molecule has 2 fully saturated rings. The van der Waals surface area contributed by atoms with Crippen LogP contribution in [0.5, 0.6) is 0 Å². The van der Waals surface area contributed by atoms with Crippen molar-refractivity contribution in [1.82, 2.24) is 14.9 Å². The van der Waals surface area contributed by atoms with E-state index in [0.717, 1.165) is 51.3 Å². The molecule has 0 radical (unpaired) electrons. The summed E-state index contributed by atoms with van der Waals surface area (Å²) in [6.45, 7) is 4.94. The van der Waals surface area contributed by atoms with Crippen molar-refractivity contribution in [3.05, 3.63) is 53.5 Å². The molecule has 0 unspecified atom stereocenters. The van der Waals surface area contributed by atoms with Crippen LogP contribution in [0.2, 0.25) is 0 Å². The number of rotatable bonds is 4. The van der Waals surface area contributed by atoms with Crippen molar-refractivity contribution >= 4 is 17.5 Å². The summed E-state index contributed by atoms with van der Waals surface area (Å²) < 4.78 is 0. The molecule has 1 amide bonds. The standard InChI is InChI=1S/C24H30N4O2.H2/c1-18-20(10-6-13-25-18)23(29)21-11-5-12-22(26-21)27-14-7-15-28(17-16-27)24(30)19-8-3-2-4-9-19;/h5-6,10-13,19H,2-4,7-9,14-17H2,1H3;1H. The van der Waals surface area contributed by atoms with Crippen LogP contribution in [-0.2, 0) is 4.79 Å². The van der Waals surface area contributed by atoms with Crippen LogP contribution in [0.1, 0.15) is 61.7 Å². The van der Waals surface area contributed by atoms with Gasteiger partial charge in [-0.1, -0.05) is 25.3 Å². The maximum Gasteiger partial charge on any atom is 0.225 e. The fraction of sp³-hybridized carbons (Fsp3) is 0.500. The van der Waals surface area contributed by atoms with E-state index in [2.05, 4.69) is 14.9 Å². The number of nitrogens with zero attached hydrogens (tertiary/aromatic N) is 4. The number of pyridine rings is 2. The van der Waals surface area contributed by atoms with E-state index in [1.807, 2.05) is 24.0 Å². The molecular weight excluding hydrogens is 376 g/mol. The van der Waals surface area contributed by atoms with Gasteiger partial charge in [0.15, 0.2) is 0 Å². The minimum atomic E-state index is -0.105. The van der Waals surface area contributed by atoms with Crippen LogP contribution in [0.3, 0.4) is 0 Å². The molecule has 0 bridgehead atoms. The topological polar surface area (TPSA) is 66.4 Å². The van der Waals surface area contributed by atoms with E-state index in [1.54, 1.807) is 24.4 Å². The number of amides is 1. The highest BCUT2D eigenvalue weighted by molar-refractivity contribution is 6.08. The minimum absolute atomic E-state index is 0. The molecule has 1 saturated carbocycles. The summed E-state index contributed by atoms with van der Waals surface area (Å²) in [4.78, 5) is 39.0. The molecule has 4 rings (SSSR count). The van der Waals surface area contributed by atoms with Gasteiger partial charge in [0.05, 0.1) is 0 Å². The molecule has 6 nitrogen and oxygen atoms in total. The van der Waals surface area contributed by atoms with Crippen LogP contribution in [0, 0.1) is 12.8 Å². The fourth-order valence-electron chi connectivity index (χ4n) is 4.56. The van der Waals surface area contributed by atoms with Crippen molar-refractivity contribution in [3.8, 4) is 0 Å². The zero-order valence-electron chi connectivity index (χ0n) is 17.7. The first kappa shape index (κ1) is 20.5. The van der Waals surface area contributed by atoms with E-state index >= 15 is 0 Å². The Kier molecular flexibility index (Phi) is 6.41. The number of aromatic nitrogens is 2. The summed E-state index contributed by atoms with van der Waals surface area (Å²) in [6, 6.07) is 9.16. The zero-order chi connectivity index (χ0) is 20.9. The number of aryl methyl sites for hydroxylation is 1. The average Bonchev–Trinajstić information content (AvgIpc) is 3.05. The molecule has 2 aromatic heterocycles. The third kappa shape index (κ3) is 4.53. The molecule has 2 aromatic rings. The van der Waals surface area contributed by atoms with Crippen molar-refractivity contribution in [2.45, 2.75) is 45.4 Å². The molecule has 3 heterocycles. The lowest BCUT2D eigenvalue weighted by Crippen LogP contribution is -2.39. The predicted octanol–water partition coefficient (Wildman–Crippen LogP) is 3.88. The molecule has 30 heavy (non-hydrogen) atoms. The molecule has 2 aliphatic rings. The minimum Gasteiger partial charge on any atom is -0.355 e. The van der Waals surface area contributed by atoms with Gasteiger partial charge < -0.3 is 9.80 Å². The second-order valence-corrected chi connectivity index (χ2v) is 8.35. The van der Waals surface area contributed by atoms with Gasteiger partial charge in [-0.25, -0.2) is 4.98 Å². The van der Waals surface area contributed by atoms with E-state index in [1.165, 1.54) is 19.3 Å². The van der Waals surface area contributed by atoms with Gasteiger partial charge in [0, 0.05) is 51.0 Å². The largest absolute Gasteiger partial charge is 0.355 e. The van der Waals surface area contributed by atoms with Gasteiger partial charge in [-0.2, -0.15) is 0 Å². The Morgan fingerprint density at radius 3 is 2.60 bits per heavy atom. The Morgan fingerprint density at radius 1 is 0.967 bits per heavy atom. The number of carbonyl (C=O) groups excluding carboxylic acids is 2. The Bertz CT molecular complexity index is 914. The normalized spacial score (nSPS) is 18.2. The van der Waals surface area contributed by atoms with Crippen LogP contribution in [0.25, 0.3) is 0 Å². The third-order valence-corrected chi connectivity index (χ3v) is 6.30. The monoisotopic (exact) mass is 408 g/mol. The highest BCUT2D eigenvalue weighted by Crippen LogP contribution is 2.26. The number of ketones is 1. The van der Waals surface area contributed by atoms with Crippen molar-refractivity contribution < 1.29 is 11.0 Å². The summed E-state index contributed by atoms with van der Waals surface area (Å²) in [5.41, 5.74) is 1.73. The third-order valence-electron chi connectivity index (χ3n) is 6.30. The molecular formula is C24H32N4O2. The Balaban J connectivity index is 0.00000272. The first-order valence-corrected chi connectivity index (χ1v) is 11.1. The molecule has 6 heteroatoms. The molecule has 0 atom stereocenters. The number of hydrogen-bond acceptors (Lipinski definition) is 5. The number of carbonyl (C=O) groups is 2.